The first-order valence-corrected chi connectivity index (χ1v) is 8.53. The van der Waals surface area contributed by atoms with Gasteiger partial charge in [0.05, 0.1) is 17.2 Å². The van der Waals surface area contributed by atoms with Crippen LogP contribution >= 0.6 is 11.3 Å². The number of hydrogen-bond donors (Lipinski definition) is 1. The molecule has 0 aliphatic heterocycles. The smallest absolute Gasteiger partial charge is 0.278 e. The van der Waals surface area contributed by atoms with Crippen molar-refractivity contribution < 1.29 is 9.53 Å². The molecule has 2 aromatic carbocycles. The van der Waals surface area contributed by atoms with Gasteiger partial charge in [-0.2, -0.15) is 0 Å². The second-order valence-electron chi connectivity index (χ2n) is 5.44. The number of para-hydroxylation sites is 1. The summed E-state index contributed by atoms with van der Waals surface area (Å²) in [6.07, 6.45) is 0. The number of thiazole rings is 1. The molecule has 8 nitrogen and oxygen atoms in total. The normalized spacial score (nSPS) is 11.0. The Morgan fingerprint density at radius 3 is 2.92 bits per heavy atom. The molecule has 1 amide bonds. The fourth-order valence-corrected chi connectivity index (χ4v) is 3.46. The van der Waals surface area contributed by atoms with E-state index in [-0.39, 0.29) is 12.1 Å². The zero-order valence-corrected chi connectivity index (χ0v) is 14.5. The maximum absolute atomic E-state index is 12.4. The van der Waals surface area contributed by atoms with E-state index in [1.165, 1.54) is 11.3 Å². The fraction of sp³-hybridized carbons (Fsp3) is 0.118. The van der Waals surface area contributed by atoms with Crippen LogP contribution in [0.2, 0.25) is 0 Å². The van der Waals surface area contributed by atoms with Crippen molar-refractivity contribution in [2.75, 3.05) is 12.4 Å². The van der Waals surface area contributed by atoms with Gasteiger partial charge in [0.25, 0.3) is 5.56 Å². The van der Waals surface area contributed by atoms with Crippen molar-refractivity contribution >= 4 is 43.5 Å². The molecule has 0 spiro atoms. The Morgan fingerprint density at radius 1 is 1.23 bits per heavy atom. The topological polar surface area (TPSA) is 99.0 Å². The molecule has 0 fully saturated rings. The zero-order valence-electron chi connectivity index (χ0n) is 13.7. The Hall–Kier alpha value is -3.33. The van der Waals surface area contributed by atoms with E-state index in [9.17, 15) is 9.59 Å². The number of anilines is 1. The molecule has 2 aromatic heterocycles. The lowest BCUT2D eigenvalue weighted by molar-refractivity contribution is -0.117. The predicted molar refractivity (Wildman–Crippen MR) is 98.6 cm³/mol. The number of carbonyl (C=O) groups is 1. The summed E-state index contributed by atoms with van der Waals surface area (Å²) in [6, 6.07) is 12.4. The molecule has 9 heteroatoms. The molecule has 0 saturated carbocycles. The van der Waals surface area contributed by atoms with Gasteiger partial charge in [0.1, 0.15) is 23.3 Å². The van der Waals surface area contributed by atoms with Crippen LogP contribution in [0.1, 0.15) is 0 Å². The van der Waals surface area contributed by atoms with E-state index >= 15 is 0 Å². The van der Waals surface area contributed by atoms with Crippen LogP contribution in [0.4, 0.5) is 5.13 Å². The van der Waals surface area contributed by atoms with E-state index in [1.807, 2.05) is 12.1 Å². The second-order valence-corrected chi connectivity index (χ2v) is 6.47. The van der Waals surface area contributed by atoms with Gasteiger partial charge < -0.3 is 10.1 Å². The number of amides is 1. The lowest BCUT2D eigenvalue weighted by Crippen LogP contribution is -2.30. The Bertz CT molecular complexity index is 1180. The van der Waals surface area contributed by atoms with E-state index in [1.54, 1.807) is 37.4 Å². The number of nitrogens with one attached hydrogen (secondary N) is 1. The summed E-state index contributed by atoms with van der Waals surface area (Å²) in [4.78, 5) is 29.1. The molecule has 2 heterocycles. The van der Waals surface area contributed by atoms with Crippen LogP contribution in [-0.4, -0.2) is 33.0 Å². The van der Waals surface area contributed by atoms with E-state index in [0.29, 0.717) is 27.3 Å². The molecule has 26 heavy (non-hydrogen) atoms. The lowest BCUT2D eigenvalue weighted by atomic mass is 10.2. The monoisotopic (exact) mass is 367 g/mol. The molecule has 0 unspecified atom stereocenters. The maximum atomic E-state index is 12.4. The first-order valence-electron chi connectivity index (χ1n) is 7.71. The summed E-state index contributed by atoms with van der Waals surface area (Å²) in [7, 11) is 1.57. The van der Waals surface area contributed by atoms with Gasteiger partial charge in [-0.3, -0.25) is 9.59 Å². The van der Waals surface area contributed by atoms with Gasteiger partial charge in [-0.1, -0.05) is 34.7 Å². The number of methoxy groups -OCH3 is 1. The number of nitrogens with zero attached hydrogens (tertiary/aromatic N) is 4. The predicted octanol–water partition coefficient (Wildman–Crippen LogP) is 2.05. The minimum absolute atomic E-state index is 0.246. The van der Waals surface area contributed by atoms with Gasteiger partial charge >= 0.3 is 0 Å². The van der Waals surface area contributed by atoms with Crippen molar-refractivity contribution in [2.24, 2.45) is 0 Å². The number of fused-ring (bicyclic) bond motifs is 2. The number of hydrogen-bond acceptors (Lipinski definition) is 7. The summed E-state index contributed by atoms with van der Waals surface area (Å²) in [5, 5.41) is 11.3. The van der Waals surface area contributed by atoms with Crippen molar-refractivity contribution in [3.63, 3.8) is 0 Å². The third kappa shape index (κ3) is 2.88. The summed E-state index contributed by atoms with van der Waals surface area (Å²) >= 11 is 1.33. The highest BCUT2D eigenvalue weighted by molar-refractivity contribution is 7.22. The zero-order chi connectivity index (χ0) is 18.1. The average Bonchev–Trinajstić information content (AvgIpc) is 3.06. The fourth-order valence-electron chi connectivity index (χ4n) is 2.56. The van der Waals surface area contributed by atoms with E-state index in [4.69, 9.17) is 4.74 Å². The average molecular weight is 367 g/mol. The largest absolute Gasteiger partial charge is 0.494 e. The number of ether oxygens (including phenoxy) is 1. The third-order valence-electron chi connectivity index (χ3n) is 3.77. The summed E-state index contributed by atoms with van der Waals surface area (Å²) < 4.78 is 7.19. The molecule has 130 valence electrons. The van der Waals surface area contributed by atoms with Crippen LogP contribution < -0.4 is 15.6 Å². The number of carbonyl (C=O) groups excluding carboxylic acids is 1. The molecule has 0 saturated heterocycles. The van der Waals surface area contributed by atoms with Crippen LogP contribution in [0, 0.1) is 0 Å². The maximum Gasteiger partial charge on any atom is 0.278 e. The van der Waals surface area contributed by atoms with Gasteiger partial charge in [-0.15, -0.1) is 5.10 Å². The van der Waals surface area contributed by atoms with Crippen molar-refractivity contribution in [1.82, 2.24) is 20.0 Å². The quantitative estimate of drug-likeness (QED) is 0.593. The molecule has 1 N–H and O–H groups in total. The standard InChI is InChI=1S/C17H13N5O3S/c1-25-12-7-4-8-13-15(12)19-17(26-13)18-14(23)9-22-16(24)10-5-2-3-6-11(10)20-21-22/h2-8H,9H2,1H3,(H,18,19,23). The Morgan fingerprint density at radius 2 is 2.08 bits per heavy atom. The lowest BCUT2D eigenvalue weighted by Gasteiger charge is -2.04. The van der Waals surface area contributed by atoms with Gasteiger partial charge in [-0.25, -0.2) is 9.67 Å². The van der Waals surface area contributed by atoms with Crippen LogP contribution in [0.25, 0.3) is 21.1 Å². The molecule has 0 aliphatic carbocycles. The van der Waals surface area contributed by atoms with Crippen molar-refractivity contribution in [1.29, 1.82) is 0 Å². The number of rotatable bonds is 4. The van der Waals surface area contributed by atoms with E-state index < -0.39 is 5.91 Å². The SMILES string of the molecule is COc1cccc2sc(NC(=O)Cn3nnc4ccccc4c3=O)nc12. The van der Waals surface area contributed by atoms with Crippen molar-refractivity contribution in [2.45, 2.75) is 6.54 Å². The highest BCUT2D eigenvalue weighted by Gasteiger charge is 2.13. The third-order valence-corrected chi connectivity index (χ3v) is 4.71. The second kappa shape index (κ2) is 6.52. The molecular weight excluding hydrogens is 354 g/mol. The highest BCUT2D eigenvalue weighted by Crippen LogP contribution is 2.31. The molecule has 0 radical (unpaired) electrons. The Kier molecular flexibility index (Phi) is 4.05. The minimum Gasteiger partial charge on any atom is -0.494 e. The summed E-state index contributed by atoms with van der Waals surface area (Å²) in [6.45, 7) is -0.246. The minimum atomic E-state index is -0.408. The molecule has 0 atom stereocenters. The number of benzene rings is 2. The molecule has 0 bridgehead atoms. The van der Waals surface area contributed by atoms with Crippen molar-refractivity contribution in [3.05, 3.63) is 52.8 Å². The Labute approximate surface area is 151 Å². The summed E-state index contributed by atoms with van der Waals surface area (Å²) in [5.41, 5.74) is 0.808. The first-order chi connectivity index (χ1) is 12.7. The van der Waals surface area contributed by atoms with Crippen molar-refractivity contribution in [3.8, 4) is 5.75 Å². The van der Waals surface area contributed by atoms with Gasteiger partial charge in [0.15, 0.2) is 5.13 Å². The van der Waals surface area contributed by atoms with E-state index in [0.717, 1.165) is 9.38 Å². The highest BCUT2D eigenvalue weighted by atomic mass is 32.1. The number of aromatic nitrogens is 4. The molecule has 4 rings (SSSR count). The van der Waals surface area contributed by atoms with Crippen LogP contribution in [-0.2, 0) is 11.3 Å². The first kappa shape index (κ1) is 16.2. The van der Waals surface area contributed by atoms with Gasteiger partial charge in [0, 0.05) is 0 Å². The van der Waals surface area contributed by atoms with Gasteiger partial charge in [0.2, 0.25) is 5.91 Å². The molecule has 0 aliphatic rings. The van der Waals surface area contributed by atoms with Crippen LogP contribution in [0.15, 0.2) is 47.3 Å². The molecular formula is C17H13N5O3S. The van der Waals surface area contributed by atoms with E-state index in [2.05, 4.69) is 20.6 Å². The molecule has 4 aromatic rings. The summed E-state index contributed by atoms with van der Waals surface area (Å²) in [5.74, 6) is 0.227. The van der Waals surface area contributed by atoms with Gasteiger partial charge in [-0.05, 0) is 24.3 Å². The van der Waals surface area contributed by atoms with Crippen LogP contribution in [0.5, 0.6) is 5.75 Å². The van der Waals surface area contributed by atoms with Crippen LogP contribution in [0.3, 0.4) is 0 Å². The Balaban J connectivity index is 1.58.